The van der Waals surface area contributed by atoms with E-state index >= 15 is 0 Å². The number of nitrogens with one attached hydrogen (secondary N) is 1. The molecule has 0 amide bonds. The van der Waals surface area contributed by atoms with Gasteiger partial charge in [-0.1, -0.05) is 8.96 Å². The second-order valence-electron chi connectivity index (χ2n) is 4.71. The van der Waals surface area contributed by atoms with Crippen molar-refractivity contribution in [1.29, 1.82) is 0 Å². The molecule has 126 valence electrons. The molecule has 0 aliphatic heterocycles. The molecule has 2 aromatic rings. The average Bonchev–Trinajstić information content (AvgIpc) is 2.48. The molecule has 0 spiro atoms. The quantitative estimate of drug-likeness (QED) is 0.541. The highest BCUT2D eigenvalue weighted by Crippen LogP contribution is 2.39. The van der Waals surface area contributed by atoms with Crippen molar-refractivity contribution in [2.24, 2.45) is 0 Å². The molecule has 0 fully saturated rings. The third-order valence-electron chi connectivity index (χ3n) is 3.23. The minimum Gasteiger partial charge on any atom is -0.323 e. The fourth-order valence-corrected chi connectivity index (χ4v) is 2.22. The third kappa shape index (κ3) is 3.08. The normalized spacial score (nSPS) is 13.5. The zero-order chi connectivity index (χ0) is 17.5. The van der Waals surface area contributed by atoms with Gasteiger partial charge in [-0.2, -0.15) is 0 Å². The van der Waals surface area contributed by atoms with Crippen LogP contribution >= 0.6 is 7.60 Å². The van der Waals surface area contributed by atoms with Crippen molar-refractivity contribution in [2.75, 3.05) is 0 Å². The maximum absolute atomic E-state index is 13.9. The van der Waals surface area contributed by atoms with Crippen LogP contribution in [0.2, 0.25) is 0 Å². The van der Waals surface area contributed by atoms with Crippen LogP contribution in [0.25, 0.3) is 11.0 Å². The number of rotatable bonds is 4. The summed E-state index contributed by atoms with van der Waals surface area (Å²) in [5, 5.41) is 2.26. The maximum Gasteiger partial charge on any atom is 0.347 e. The van der Waals surface area contributed by atoms with Crippen LogP contribution in [0.15, 0.2) is 21.7 Å². The first-order valence-electron chi connectivity index (χ1n) is 6.15. The van der Waals surface area contributed by atoms with Crippen LogP contribution in [0.3, 0.4) is 0 Å². The second-order valence-corrected chi connectivity index (χ2v) is 6.66. The van der Waals surface area contributed by atoms with Crippen LogP contribution in [0.4, 0.5) is 13.4 Å². The van der Waals surface area contributed by atoms with Crippen molar-refractivity contribution in [3.63, 3.8) is 0 Å². The highest BCUT2D eigenvalue weighted by Gasteiger charge is 2.25. The Bertz CT molecular complexity index is 935. The van der Waals surface area contributed by atoms with Gasteiger partial charge in [-0.05, 0) is 19.1 Å². The molecular formula is C11H11F3N3O5P. The summed E-state index contributed by atoms with van der Waals surface area (Å²) in [5.74, 6) is -2.44. The van der Waals surface area contributed by atoms with Gasteiger partial charge in [-0.15, -0.1) is 9.58 Å². The average molecular weight is 353 g/mol. The summed E-state index contributed by atoms with van der Waals surface area (Å²) < 4.78 is 52.5. The van der Waals surface area contributed by atoms with Crippen molar-refractivity contribution >= 4 is 18.6 Å². The molecule has 0 unspecified atom stereocenters. The van der Waals surface area contributed by atoms with E-state index in [4.69, 9.17) is 9.79 Å². The van der Waals surface area contributed by atoms with Crippen LogP contribution in [-0.2, 0) is 11.1 Å². The van der Waals surface area contributed by atoms with Gasteiger partial charge in [0, 0.05) is 12.1 Å². The zero-order valence-electron chi connectivity index (χ0n) is 11.5. The highest BCUT2D eigenvalue weighted by molar-refractivity contribution is 7.52. The van der Waals surface area contributed by atoms with E-state index in [1.165, 1.54) is 0 Å². The molecular weight excluding hydrogens is 342 g/mol. The van der Waals surface area contributed by atoms with E-state index < -0.39 is 63.0 Å². The Labute approximate surface area is 125 Å². The lowest BCUT2D eigenvalue weighted by Gasteiger charge is -2.16. The van der Waals surface area contributed by atoms with Gasteiger partial charge in [-0.25, -0.2) is 4.39 Å². The van der Waals surface area contributed by atoms with Gasteiger partial charge in [0.05, 0.1) is 0 Å². The first-order chi connectivity index (χ1) is 10.6. The molecule has 0 bridgehead atoms. The van der Waals surface area contributed by atoms with Gasteiger partial charge >= 0.3 is 18.7 Å². The van der Waals surface area contributed by atoms with E-state index in [0.717, 1.165) is 19.1 Å². The lowest BCUT2D eigenvalue weighted by molar-refractivity contribution is 0.326. The zero-order valence-corrected chi connectivity index (χ0v) is 12.4. The van der Waals surface area contributed by atoms with Crippen LogP contribution in [0.5, 0.6) is 0 Å². The molecule has 12 heteroatoms. The molecule has 0 aliphatic carbocycles. The molecule has 1 aromatic heterocycles. The number of halogens is 3. The summed E-state index contributed by atoms with van der Waals surface area (Å²) in [4.78, 5) is 39.1. The minimum absolute atomic E-state index is 0.561. The van der Waals surface area contributed by atoms with Crippen molar-refractivity contribution in [3.8, 4) is 0 Å². The molecule has 0 saturated carbocycles. The Kier molecular flexibility index (Phi) is 4.49. The summed E-state index contributed by atoms with van der Waals surface area (Å²) in [6.07, 6.45) is 0. The number of fused-ring (bicyclic) bond motifs is 1. The summed E-state index contributed by atoms with van der Waals surface area (Å²) in [6, 6.07) is 1.50. The van der Waals surface area contributed by atoms with Gasteiger partial charge < -0.3 is 9.79 Å². The summed E-state index contributed by atoms with van der Waals surface area (Å²) in [7, 11) is -4.53. The van der Waals surface area contributed by atoms with Crippen molar-refractivity contribution in [2.45, 2.75) is 19.3 Å². The molecule has 8 nitrogen and oxygen atoms in total. The van der Waals surface area contributed by atoms with Crippen LogP contribution in [0.1, 0.15) is 12.5 Å². The molecule has 3 N–H and O–H groups in total. The topological polar surface area (TPSA) is 114 Å². The minimum atomic E-state index is -4.53. The lowest BCUT2D eigenvalue weighted by Crippen LogP contribution is -2.37. The van der Waals surface area contributed by atoms with Crippen LogP contribution < -0.4 is 16.4 Å². The summed E-state index contributed by atoms with van der Waals surface area (Å²) >= 11 is 0. The van der Waals surface area contributed by atoms with E-state index in [-0.39, 0.29) is 0 Å². The standard InChI is InChI=1S/C11H11F3N3O5P/c1-5(23(20,21)22)15-4-6-7(12)2-3-8-9(6)17(14)11(19)10(18)16(8)13/h2-3,5,15H,4H2,1H3,(H2,20,21,22)/t5-/m1/s1. The van der Waals surface area contributed by atoms with Crippen LogP contribution in [-0.4, -0.2) is 25.1 Å². The van der Waals surface area contributed by atoms with Crippen molar-refractivity contribution < 1.29 is 27.7 Å². The van der Waals surface area contributed by atoms with Gasteiger partial charge in [0.15, 0.2) is 0 Å². The SMILES string of the molecule is C[C@H](NCc1c(F)ccc2c1n(F)c(=O)c(=O)n2F)P(=O)(O)O. The maximum atomic E-state index is 13.9. The predicted molar refractivity (Wildman–Crippen MR) is 73.8 cm³/mol. The first kappa shape index (κ1) is 17.4. The second kappa shape index (κ2) is 5.93. The Morgan fingerprint density at radius 1 is 1.22 bits per heavy atom. The number of benzene rings is 1. The summed E-state index contributed by atoms with van der Waals surface area (Å²) in [6.45, 7) is 0.494. The van der Waals surface area contributed by atoms with Gasteiger partial charge in [0.1, 0.15) is 22.6 Å². The molecule has 23 heavy (non-hydrogen) atoms. The smallest absolute Gasteiger partial charge is 0.323 e. The van der Waals surface area contributed by atoms with Crippen molar-refractivity contribution in [1.82, 2.24) is 14.9 Å². The Hall–Kier alpha value is -1.94. The van der Waals surface area contributed by atoms with E-state index in [0.29, 0.717) is 0 Å². The van der Waals surface area contributed by atoms with E-state index in [1.54, 1.807) is 0 Å². The number of hydrogen-bond acceptors (Lipinski definition) is 4. The van der Waals surface area contributed by atoms with Gasteiger partial charge in [0.2, 0.25) is 0 Å². The monoisotopic (exact) mass is 353 g/mol. The molecule has 0 radical (unpaired) electrons. The fraction of sp³-hybridized carbons (Fsp3) is 0.273. The third-order valence-corrected chi connectivity index (χ3v) is 4.42. The molecule has 1 aromatic carbocycles. The highest BCUT2D eigenvalue weighted by atomic mass is 31.2. The van der Waals surface area contributed by atoms with E-state index in [2.05, 4.69) is 5.32 Å². The summed E-state index contributed by atoms with van der Waals surface area (Å²) in [5.41, 5.74) is -5.74. The van der Waals surface area contributed by atoms with Gasteiger partial charge in [-0.3, -0.25) is 19.5 Å². The molecule has 1 heterocycles. The van der Waals surface area contributed by atoms with E-state index in [9.17, 15) is 27.5 Å². The van der Waals surface area contributed by atoms with E-state index in [1.807, 2.05) is 0 Å². The Morgan fingerprint density at radius 2 is 1.78 bits per heavy atom. The van der Waals surface area contributed by atoms with Crippen LogP contribution in [0, 0.1) is 5.82 Å². The number of nitrogens with zero attached hydrogens (tertiary/aromatic N) is 2. The molecule has 2 rings (SSSR count). The Morgan fingerprint density at radius 3 is 2.35 bits per heavy atom. The van der Waals surface area contributed by atoms with Gasteiger partial charge in [0.25, 0.3) is 0 Å². The molecule has 0 aliphatic rings. The molecule has 1 atom stereocenters. The lowest BCUT2D eigenvalue weighted by atomic mass is 10.1. The predicted octanol–water partition coefficient (Wildman–Crippen LogP) is 0.381. The molecule has 0 saturated heterocycles. The first-order valence-corrected chi connectivity index (χ1v) is 7.84. The Balaban J connectivity index is 2.65. The fourth-order valence-electron chi connectivity index (χ4n) is 1.89. The number of aromatic nitrogens is 2. The van der Waals surface area contributed by atoms with Crippen molar-refractivity contribution in [3.05, 3.63) is 44.2 Å². The number of hydrogen-bond donors (Lipinski definition) is 3. The largest absolute Gasteiger partial charge is 0.347 e.